The summed E-state index contributed by atoms with van der Waals surface area (Å²) in [6, 6.07) is 18.2. The zero-order valence-electron chi connectivity index (χ0n) is 15.4. The van der Waals surface area contributed by atoms with Crippen LogP contribution in [0.3, 0.4) is 0 Å². The van der Waals surface area contributed by atoms with Gasteiger partial charge in [0.25, 0.3) is 0 Å². The number of hydrogen-bond acceptors (Lipinski definition) is 7. The first-order chi connectivity index (χ1) is 14.2. The minimum absolute atomic E-state index is 0.388. The summed E-state index contributed by atoms with van der Waals surface area (Å²) in [5.41, 5.74) is 3.02. The van der Waals surface area contributed by atoms with E-state index in [2.05, 4.69) is 16.4 Å². The summed E-state index contributed by atoms with van der Waals surface area (Å²) in [6.07, 6.45) is 1.62. The summed E-state index contributed by atoms with van der Waals surface area (Å²) < 4.78 is 10.4. The SMILES string of the molecule is COc1cccc(-c2csc(C(C#N)=CNc3ccc4oc(=O)ccc4c3)n2)c1. The van der Waals surface area contributed by atoms with Gasteiger partial charge in [0.1, 0.15) is 28.0 Å². The Bertz CT molecular complexity index is 1310. The third kappa shape index (κ3) is 4.03. The third-order valence-electron chi connectivity index (χ3n) is 4.22. The van der Waals surface area contributed by atoms with Crippen LogP contribution in [0.1, 0.15) is 5.01 Å². The Kier molecular flexibility index (Phi) is 5.10. The maximum Gasteiger partial charge on any atom is 0.336 e. The number of nitrogens with zero attached hydrogens (tertiary/aromatic N) is 2. The molecule has 1 N–H and O–H groups in total. The highest BCUT2D eigenvalue weighted by molar-refractivity contribution is 7.11. The van der Waals surface area contributed by atoms with Gasteiger partial charge >= 0.3 is 5.63 Å². The maximum absolute atomic E-state index is 11.3. The van der Waals surface area contributed by atoms with Gasteiger partial charge in [-0.2, -0.15) is 5.26 Å². The number of fused-ring (bicyclic) bond motifs is 1. The number of thiazole rings is 1. The molecule has 0 saturated carbocycles. The summed E-state index contributed by atoms with van der Waals surface area (Å²) in [4.78, 5) is 15.9. The van der Waals surface area contributed by atoms with Crippen molar-refractivity contribution in [1.29, 1.82) is 5.26 Å². The zero-order chi connectivity index (χ0) is 20.2. The fourth-order valence-electron chi connectivity index (χ4n) is 2.77. The minimum Gasteiger partial charge on any atom is -0.497 e. The lowest BCUT2D eigenvalue weighted by molar-refractivity contribution is 0.415. The second kappa shape index (κ2) is 8.00. The van der Waals surface area contributed by atoms with Crippen LogP contribution in [0.25, 0.3) is 27.8 Å². The van der Waals surface area contributed by atoms with E-state index < -0.39 is 0 Å². The number of hydrogen-bond donors (Lipinski definition) is 1. The number of nitrogens with one attached hydrogen (secondary N) is 1. The first-order valence-electron chi connectivity index (χ1n) is 8.67. The second-order valence-corrected chi connectivity index (χ2v) is 6.95. The molecule has 0 aliphatic rings. The molecule has 0 unspecified atom stereocenters. The van der Waals surface area contributed by atoms with Crippen molar-refractivity contribution in [1.82, 2.24) is 4.98 Å². The molecule has 4 rings (SSSR count). The van der Waals surface area contributed by atoms with E-state index in [0.29, 0.717) is 16.2 Å². The van der Waals surface area contributed by atoms with E-state index in [-0.39, 0.29) is 5.63 Å². The number of rotatable bonds is 5. The highest BCUT2D eigenvalue weighted by Gasteiger charge is 2.10. The van der Waals surface area contributed by atoms with Gasteiger partial charge in [-0.3, -0.25) is 0 Å². The van der Waals surface area contributed by atoms with Gasteiger partial charge in [-0.25, -0.2) is 9.78 Å². The number of nitriles is 1. The Morgan fingerprint density at radius 3 is 2.97 bits per heavy atom. The normalized spacial score (nSPS) is 11.2. The Morgan fingerprint density at radius 2 is 2.14 bits per heavy atom. The molecular formula is C22H15N3O3S. The van der Waals surface area contributed by atoms with Crippen molar-refractivity contribution in [2.75, 3.05) is 12.4 Å². The number of aromatic nitrogens is 1. The Labute approximate surface area is 170 Å². The molecule has 4 aromatic rings. The lowest BCUT2D eigenvalue weighted by Gasteiger charge is -2.03. The molecule has 0 radical (unpaired) electrons. The number of benzene rings is 2. The molecule has 0 fully saturated rings. The molecule has 2 aromatic carbocycles. The van der Waals surface area contributed by atoms with Gasteiger partial charge in [0, 0.05) is 34.3 Å². The zero-order valence-corrected chi connectivity index (χ0v) is 16.2. The van der Waals surface area contributed by atoms with E-state index in [4.69, 9.17) is 9.15 Å². The van der Waals surface area contributed by atoms with Crippen molar-refractivity contribution < 1.29 is 9.15 Å². The van der Waals surface area contributed by atoms with Gasteiger partial charge < -0.3 is 14.5 Å². The maximum atomic E-state index is 11.3. The molecule has 6 nitrogen and oxygen atoms in total. The number of allylic oxidation sites excluding steroid dienone is 1. The number of ether oxygens (including phenoxy) is 1. The lowest BCUT2D eigenvalue weighted by atomic mass is 10.1. The van der Waals surface area contributed by atoms with Crippen molar-refractivity contribution in [3.63, 3.8) is 0 Å². The fourth-order valence-corrected chi connectivity index (χ4v) is 3.57. The predicted octanol–water partition coefficient (Wildman–Crippen LogP) is 4.90. The fraction of sp³-hybridized carbons (Fsp3) is 0.0455. The molecule has 0 aliphatic carbocycles. The van der Waals surface area contributed by atoms with E-state index in [1.807, 2.05) is 35.7 Å². The summed E-state index contributed by atoms with van der Waals surface area (Å²) in [5.74, 6) is 0.752. The van der Waals surface area contributed by atoms with Crippen LogP contribution in [0.2, 0.25) is 0 Å². The third-order valence-corrected chi connectivity index (χ3v) is 5.10. The van der Waals surface area contributed by atoms with Crippen LogP contribution >= 0.6 is 11.3 Å². The smallest absolute Gasteiger partial charge is 0.336 e. The topological polar surface area (TPSA) is 88.1 Å². The molecule has 0 atom stereocenters. The van der Waals surface area contributed by atoms with Crippen molar-refractivity contribution in [3.8, 4) is 23.1 Å². The monoisotopic (exact) mass is 401 g/mol. The molecule has 2 heterocycles. The van der Waals surface area contributed by atoms with Crippen LogP contribution in [0.5, 0.6) is 5.75 Å². The van der Waals surface area contributed by atoms with Gasteiger partial charge in [0.05, 0.1) is 12.8 Å². The Hall–Kier alpha value is -3.89. The van der Waals surface area contributed by atoms with E-state index in [9.17, 15) is 10.1 Å². The highest BCUT2D eigenvalue weighted by atomic mass is 32.1. The first kappa shape index (κ1) is 18.5. The minimum atomic E-state index is -0.388. The molecule has 7 heteroatoms. The quantitative estimate of drug-likeness (QED) is 0.378. The molecule has 0 spiro atoms. The molecule has 29 heavy (non-hydrogen) atoms. The summed E-state index contributed by atoms with van der Waals surface area (Å²) in [7, 11) is 1.62. The average molecular weight is 401 g/mol. The van der Waals surface area contributed by atoms with Crippen LogP contribution in [0.4, 0.5) is 5.69 Å². The van der Waals surface area contributed by atoms with Gasteiger partial charge in [0.15, 0.2) is 0 Å². The molecule has 142 valence electrons. The van der Waals surface area contributed by atoms with Gasteiger partial charge in [-0.05, 0) is 36.4 Å². The number of anilines is 1. The second-order valence-electron chi connectivity index (χ2n) is 6.09. The van der Waals surface area contributed by atoms with E-state index in [1.165, 1.54) is 17.4 Å². The predicted molar refractivity (Wildman–Crippen MR) is 114 cm³/mol. The largest absolute Gasteiger partial charge is 0.497 e. The Morgan fingerprint density at radius 1 is 1.24 bits per heavy atom. The summed E-state index contributed by atoms with van der Waals surface area (Å²) in [6.45, 7) is 0. The van der Waals surface area contributed by atoms with Crippen molar-refractivity contribution >= 4 is 33.6 Å². The standard InChI is InChI=1S/C22H15N3O3S/c1-27-18-4-2-3-14(10-18)19-13-29-22(25-19)16(11-23)12-24-17-6-7-20-15(9-17)5-8-21(26)28-20/h2-10,12-13,24H,1H3. The molecule has 0 aliphatic heterocycles. The lowest BCUT2D eigenvalue weighted by Crippen LogP contribution is -1.95. The van der Waals surface area contributed by atoms with Crippen LogP contribution in [-0.2, 0) is 0 Å². The molecule has 0 amide bonds. The van der Waals surface area contributed by atoms with E-state index in [0.717, 1.165) is 28.1 Å². The first-order valence-corrected chi connectivity index (χ1v) is 9.55. The van der Waals surface area contributed by atoms with Gasteiger partial charge in [-0.1, -0.05) is 12.1 Å². The van der Waals surface area contributed by atoms with E-state index >= 15 is 0 Å². The van der Waals surface area contributed by atoms with Crippen LogP contribution in [-0.4, -0.2) is 12.1 Å². The summed E-state index contributed by atoms with van der Waals surface area (Å²) in [5, 5.41) is 16.0. The van der Waals surface area contributed by atoms with Crippen LogP contribution < -0.4 is 15.7 Å². The molecular weight excluding hydrogens is 386 g/mol. The van der Waals surface area contributed by atoms with E-state index in [1.54, 1.807) is 31.5 Å². The van der Waals surface area contributed by atoms with Crippen molar-refractivity contribution in [3.05, 3.63) is 81.6 Å². The Balaban J connectivity index is 1.58. The van der Waals surface area contributed by atoms with Crippen LogP contribution in [0, 0.1) is 11.3 Å². The van der Waals surface area contributed by atoms with Crippen molar-refractivity contribution in [2.24, 2.45) is 0 Å². The average Bonchev–Trinajstić information content (AvgIpc) is 3.24. The molecule has 2 aromatic heterocycles. The highest BCUT2D eigenvalue weighted by Crippen LogP contribution is 2.28. The van der Waals surface area contributed by atoms with Crippen LogP contribution in [0.15, 0.2) is 75.4 Å². The van der Waals surface area contributed by atoms with Gasteiger partial charge in [0.2, 0.25) is 0 Å². The molecule has 0 saturated heterocycles. The number of methoxy groups -OCH3 is 1. The van der Waals surface area contributed by atoms with Gasteiger partial charge in [-0.15, -0.1) is 11.3 Å². The summed E-state index contributed by atoms with van der Waals surface area (Å²) >= 11 is 1.40. The van der Waals surface area contributed by atoms with Crippen molar-refractivity contribution in [2.45, 2.75) is 0 Å². The molecule has 0 bridgehead atoms.